The monoisotopic (exact) mass is 444 g/mol. The van der Waals surface area contributed by atoms with Crippen LogP contribution < -0.4 is 5.32 Å². The van der Waals surface area contributed by atoms with E-state index in [1.165, 1.54) is 6.33 Å². The van der Waals surface area contributed by atoms with Gasteiger partial charge in [0.15, 0.2) is 5.58 Å². The zero-order chi connectivity index (χ0) is 22.9. The number of nitrogens with zero attached hydrogens (tertiary/aromatic N) is 5. The maximum absolute atomic E-state index is 13.8. The minimum Gasteiger partial charge on any atom is -0.424 e. The summed E-state index contributed by atoms with van der Waals surface area (Å²) in [5.74, 6) is 0.359. The Morgan fingerprint density at radius 3 is 2.82 bits per heavy atom. The Morgan fingerprint density at radius 2 is 2.00 bits per heavy atom. The number of hydrogen-bond donors (Lipinski definition) is 1. The molecule has 0 radical (unpaired) electrons. The molecule has 33 heavy (non-hydrogen) atoms. The number of fused-ring (bicyclic) bond motifs is 1. The van der Waals surface area contributed by atoms with Crippen molar-refractivity contribution < 1.29 is 9.21 Å². The summed E-state index contributed by atoms with van der Waals surface area (Å²) in [4.78, 5) is 24.4. The van der Waals surface area contributed by atoms with Crippen LogP contribution in [0.4, 0.5) is 6.01 Å². The highest BCUT2D eigenvalue weighted by Crippen LogP contribution is 2.28. The van der Waals surface area contributed by atoms with Crippen LogP contribution in [-0.2, 0) is 0 Å². The highest BCUT2D eigenvalue weighted by molar-refractivity contribution is 5.98. The number of aromatic nitrogens is 4. The highest BCUT2D eigenvalue weighted by atomic mass is 16.4. The summed E-state index contributed by atoms with van der Waals surface area (Å²) in [5, 5.41) is 7.59. The Hall–Kier alpha value is -3.68. The van der Waals surface area contributed by atoms with Crippen molar-refractivity contribution in [2.75, 3.05) is 18.4 Å². The minimum atomic E-state index is 0.00994. The molecule has 1 N–H and O–H groups in total. The van der Waals surface area contributed by atoms with E-state index in [9.17, 15) is 4.79 Å². The number of benzene rings is 2. The average Bonchev–Trinajstić information content (AvgIpc) is 3.47. The molecule has 2 atom stereocenters. The van der Waals surface area contributed by atoms with E-state index in [1.807, 2.05) is 55.1 Å². The molecule has 1 amide bonds. The second-order valence-corrected chi connectivity index (χ2v) is 8.92. The van der Waals surface area contributed by atoms with Crippen molar-refractivity contribution in [3.05, 3.63) is 65.7 Å². The molecule has 2 unspecified atom stereocenters. The molecule has 8 nitrogen and oxygen atoms in total. The molecule has 0 aliphatic carbocycles. The smallest absolute Gasteiger partial charge is 0.295 e. The van der Waals surface area contributed by atoms with Crippen molar-refractivity contribution in [1.82, 2.24) is 24.6 Å². The Morgan fingerprint density at radius 1 is 1.18 bits per heavy atom. The Balaban J connectivity index is 1.40. The molecule has 2 aromatic heterocycles. The van der Waals surface area contributed by atoms with Crippen LogP contribution in [0.15, 0.2) is 53.5 Å². The molecule has 170 valence electrons. The first-order valence-electron chi connectivity index (χ1n) is 11.4. The molecular formula is C25H28N6O2. The lowest BCUT2D eigenvalue weighted by atomic mass is 9.90. The molecule has 5 rings (SSSR count). The van der Waals surface area contributed by atoms with E-state index in [-0.39, 0.29) is 11.9 Å². The number of carbonyl (C=O) groups is 1. The van der Waals surface area contributed by atoms with Gasteiger partial charge in [-0.15, -0.1) is 0 Å². The third-order valence-electron chi connectivity index (χ3n) is 6.43. The van der Waals surface area contributed by atoms with Crippen molar-refractivity contribution >= 4 is 23.0 Å². The van der Waals surface area contributed by atoms with Crippen molar-refractivity contribution in [2.24, 2.45) is 5.92 Å². The fourth-order valence-electron chi connectivity index (χ4n) is 4.63. The number of rotatable bonds is 5. The minimum absolute atomic E-state index is 0.00994. The van der Waals surface area contributed by atoms with Gasteiger partial charge < -0.3 is 14.6 Å². The van der Waals surface area contributed by atoms with Crippen LogP contribution in [0.1, 0.15) is 41.3 Å². The summed E-state index contributed by atoms with van der Waals surface area (Å²) in [7, 11) is 0. The largest absolute Gasteiger partial charge is 0.424 e. The number of amides is 1. The first kappa shape index (κ1) is 21.2. The number of hydrogen-bond acceptors (Lipinski definition) is 6. The maximum Gasteiger partial charge on any atom is 0.295 e. The molecule has 0 bridgehead atoms. The van der Waals surface area contributed by atoms with Crippen molar-refractivity contribution in [1.29, 1.82) is 0 Å². The van der Waals surface area contributed by atoms with Crippen LogP contribution in [0.3, 0.4) is 0 Å². The van der Waals surface area contributed by atoms with E-state index in [0.717, 1.165) is 40.8 Å². The SMILES string of the molecule is Cc1ccc(-n2cncn2)c(C(=O)N2CCCC(C)C2CNc2nc3cc(C)ccc3o2)c1. The Labute approximate surface area is 192 Å². The third kappa shape index (κ3) is 4.20. The predicted octanol–water partition coefficient (Wildman–Crippen LogP) is 4.38. The summed E-state index contributed by atoms with van der Waals surface area (Å²) >= 11 is 0. The van der Waals surface area contributed by atoms with E-state index < -0.39 is 0 Å². The molecule has 4 aromatic rings. The van der Waals surface area contributed by atoms with Gasteiger partial charge in [-0.25, -0.2) is 9.67 Å². The van der Waals surface area contributed by atoms with Gasteiger partial charge in [0.25, 0.3) is 11.9 Å². The standard InChI is InChI=1S/C25H28N6O2/c1-16-6-8-21(31-15-26-14-28-31)19(11-16)24(32)30-10-4-5-18(3)22(30)13-27-25-29-20-12-17(2)7-9-23(20)33-25/h6-9,11-12,14-15,18,22H,4-5,10,13H2,1-3H3,(H,27,29). The molecular weight excluding hydrogens is 416 g/mol. The molecule has 1 fully saturated rings. The number of anilines is 1. The first-order valence-corrected chi connectivity index (χ1v) is 11.4. The number of carbonyl (C=O) groups excluding carboxylic acids is 1. The van der Waals surface area contributed by atoms with E-state index in [1.54, 1.807) is 11.0 Å². The topological polar surface area (TPSA) is 89.1 Å². The van der Waals surface area contributed by atoms with Gasteiger partial charge in [0, 0.05) is 13.1 Å². The van der Waals surface area contributed by atoms with Crippen LogP contribution >= 0.6 is 0 Å². The summed E-state index contributed by atoms with van der Waals surface area (Å²) < 4.78 is 7.52. The molecule has 0 spiro atoms. The Kier molecular flexibility index (Phi) is 5.58. The van der Waals surface area contributed by atoms with Gasteiger partial charge in [-0.2, -0.15) is 10.1 Å². The average molecular weight is 445 g/mol. The summed E-state index contributed by atoms with van der Waals surface area (Å²) in [6.45, 7) is 7.52. The van der Waals surface area contributed by atoms with Crippen LogP contribution in [-0.4, -0.2) is 49.7 Å². The third-order valence-corrected chi connectivity index (χ3v) is 6.43. The number of aryl methyl sites for hydroxylation is 2. The van der Waals surface area contributed by atoms with Gasteiger partial charge in [0.2, 0.25) is 0 Å². The van der Waals surface area contributed by atoms with Gasteiger partial charge in [-0.3, -0.25) is 4.79 Å². The molecule has 3 heterocycles. The number of nitrogens with one attached hydrogen (secondary N) is 1. The van der Waals surface area contributed by atoms with Crippen molar-refractivity contribution in [3.63, 3.8) is 0 Å². The maximum atomic E-state index is 13.8. The first-order chi connectivity index (χ1) is 16.0. The number of oxazole rings is 1. The van der Waals surface area contributed by atoms with Crippen LogP contribution in [0.2, 0.25) is 0 Å². The van der Waals surface area contributed by atoms with Crippen LogP contribution in [0, 0.1) is 19.8 Å². The number of piperidine rings is 1. The van der Waals surface area contributed by atoms with Gasteiger partial charge in [-0.05, 0) is 62.4 Å². The lowest BCUT2D eigenvalue weighted by Gasteiger charge is -2.40. The summed E-state index contributed by atoms with van der Waals surface area (Å²) in [6, 6.07) is 12.3. The van der Waals surface area contributed by atoms with E-state index in [4.69, 9.17) is 4.42 Å². The molecule has 0 saturated carbocycles. The molecule has 8 heteroatoms. The predicted molar refractivity (Wildman–Crippen MR) is 127 cm³/mol. The highest BCUT2D eigenvalue weighted by Gasteiger charge is 2.33. The Bertz CT molecular complexity index is 1280. The zero-order valence-electron chi connectivity index (χ0n) is 19.2. The van der Waals surface area contributed by atoms with Crippen LogP contribution in [0.5, 0.6) is 0 Å². The molecule has 2 aromatic carbocycles. The second-order valence-electron chi connectivity index (χ2n) is 8.92. The lowest BCUT2D eigenvalue weighted by molar-refractivity contribution is 0.0539. The van der Waals surface area contributed by atoms with E-state index in [2.05, 4.69) is 27.3 Å². The van der Waals surface area contributed by atoms with E-state index >= 15 is 0 Å². The van der Waals surface area contributed by atoms with Crippen molar-refractivity contribution in [2.45, 2.75) is 39.7 Å². The number of likely N-dealkylation sites (tertiary alicyclic amines) is 1. The molecule has 1 aliphatic heterocycles. The van der Waals surface area contributed by atoms with Gasteiger partial charge in [-0.1, -0.05) is 24.6 Å². The summed E-state index contributed by atoms with van der Waals surface area (Å²) in [6.07, 6.45) is 5.16. The zero-order valence-corrected chi connectivity index (χ0v) is 19.2. The lowest BCUT2D eigenvalue weighted by Crippen LogP contribution is -2.51. The van der Waals surface area contributed by atoms with Crippen molar-refractivity contribution in [3.8, 4) is 5.69 Å². The fourth-order valence-corrected chi connectivity index (χ4v) is 4.63. The van der Waals surface area contributed by atoms with Gasteiger partial charge in [0.1, 0.15) is 18.2 Å². The molecule has 1 aliphatic rings. The normalized spacial score (nSPS) is 18.6. The van der Waals surface area contributed by atoms with Crippen LogP contribution in [0.25, 0.3) is 16.8 Å². The van der Waals surface area contributed by atoms with Gasteiger partial charge in [0.05, 0.1) is 17.3 Å². The fraction of sp³-hybridized carbons (Fsp3) is 0.360. The van der Waals surface area contributed by atoms with Gasteiger partial charge >= 0.3 is 0 Å². The second kappa shape index (κ2) is 8.69. The van der Waals surface area contributed by atoms with E-state index in [0.29, 0.717) is 30.6 Å². The quantitative estimate of drug-likeness (QED) is 0.491. The summed E-state index contributed by atoms with van der Waals surface area (Å²) in [5.41, 5.74) is 5.13. The molecule has 1 saturated heterocycles.